The molecule has 0 bridgehead atoms. The molecular formula is C20H19ClN2O2. The van der Waals surface area contributed by atoms with Gasteiger partial charge in [-0.05, 0) is 62.4 Å². The number of ether oxygens (including phenoxy) is 1. The van der Waals surface area contributed by atoms with E-state index in [4.69, 9.17) is 20.9 Å². The van der Waals surface area contributed by atoms with Crippen molar-refractivity contribution >= 4 is 11.6 Å². The fraction of sp³-hybridized carbons (Fsp3) is 0.300. The summed E-state index contributed by atoms with van der Waals surface area (Å²) < 4.78 is 11.4. The van der Waals surface area contributed by atoms with Gasteiger partial charge in [-0.15, -0.1) is 0 Å². The first-order valence-electron chi connectivity index (χ1n) is 8.48. The van der Waals surface area contributed by atoms with Crippen molar-refractivity contribution in [2.45, 2.75) is 32.8 Å². The largest absolute Gasteiger partial charge is 0.489 e. The van der Waals surface area contributed by atoms with Crippen LogP contribution in [0.1, 0.15) is 25.3 Å². The minimum Gasteiger partial charge on any atom is -0.489 e. The molecule has 4 nitrogen and oxygen atoms in total. The van der Waals surface area contributed by atoms with Crippen molar-refractivity contribution in [3.63, 3.8) is 0 Å². The van der Waals surface area contributed by atoms with Crippen LogP contribution in [0.5, 0.6) is 5.75 Å². The first-order chi connectivity index (χ1) is 12.1. The molecule has 1 saturated carbocycles. The summed E-state index contributed by atoms with van der Waals surface area (Å²) in [5.74, 6) is 2.38. The van der Waals surface area contributed by atoms with Crippen LogP contribution < -0.4 is 4.74 Å². The maximum absolute atomic E-state index is 6.39. The quantitative estimate of drug-likeness (QED) is 0.603. The standard InChI is InChI=1S/C20H19ClN2O2/c1-12-5-3-4-6-16(12)20-22-19(23-25-20)15-9-10-18(17(21)11-15)24-13(2)14-7-8-14/h3-6,9-11,13-14H,7-8H2,1-2H3. The van der Waals surface area contributed by atoms with Crippen molar-refractivity contribution in [3.8, 4) is 28.6 Å². The number of halogens is 1. The lowest BCUT2D eigenvalue weighted by Crippen LogP contribution is -2.14. The van der Waals surface area contributed by atoms with E-state index in [2.05, 4.69) is 17.1 Å². The van der Waals surface area contributed by atoms with Crippen LogP contribution in [0, 0.1) is 12.8 Å². The highest BCUT2D eigenvalue weighted by Gasteiger charge is 2.29. The fourth-order valence-corrected chi connectivity index (χ4v) is 3.09. The Labute approximate surface area is 151 Å². The van der Waals surface area contributed by atoms with Gasteiger partial charge in [0, 0.05) is 11.1 Å². The zero-order valence-corrected chi connectivity index (χ0v) is 15.0. The normalized spacial score (nSPS) is 15.2. The smallest absolute Gasteiger partial charge is 0.258 e. The van der Waals surface area contributed by atoms with Crippen LogP contribution in [-0.2, 0) is 0 Å². The van der Waals surface area contributed by atoms with Gasteiger partial charge in [-0.25, -0.2) is 0 Å². The number of aromatic nitrogens is 2. The second-order valence-corrected chi connectivity index (χ2v) is 6.95. The second kappa shape index (κ2) is 6.52. The van der Waals surface area contributed by atoms with Gasteiger partial charge in [-0.1, -0.05) is 35.0 Å². The maximum Gasteiger partial charge on any atom is 0.258 e. The van der Waals surface area contributed by atoms with E-state index < -0.39 is 0 Å². The first kappa shape index (κ1) is 16.2. The third-order valence-electron chi connectivity index (χ3n) is 4.59. The van der Waals surface area contributed by atoms with E-state index in [1.165, 1.54) is 12.8 Å². The lowest BCUT2D eigenvalue weighted by Gasteiger charge is -2.15. The third kappa shape index (κ3) is 3.40. The van der Waals surface area contributed by atoms with Crippen LogP contribution >= 0.6 is 11.6 Å². The molecule has 0 aliphatic heterocycles. The summed E-state index contributed by atoms with van der Waals surface area (Å²) in [6.45, 7) is 4.11. The molecule has 1 heterocycles. The zero-order valence-electron chi connectivity index (χ0n) is 14.2. The molecule has 5 heteroatoms. The molecule has 25 heavy (non-hydrogen) atoms. The average Bonchev–Trinajstić information content (AvgIpc) is 3.35. The molecule has 1 atom stereocenters. The van der Waals surface area contributed by atoms with E-state index in [1.54, 1.807) is 0 Å². The number of hydrogen-bond donors (Lipinski definition) is 0. The molecule has 3 aromatic rings. The Bertz CT molecular complexity index is 902. The predicted octanol–water partition coefficient (Wildman–Crippen LogP) is 5.54. The highest BCUT2D eigenvalue weighted by Crippen LogP contribution is 2.37. The van der Waals surface area contributed by atoms with Crippen LogP contribution in [0.25, 0.3) is 22.8 Å². The SMILES string of the molecule is Cc1ccccc1-c1nc(-c2ccc(OC(C)C3CC3)c(Cl)c2)no1. The van der Waals surface area contributed by atoms with E-state index in [-0.39, 0.29) is 6.10 Å². The average molecular weight is 355 g/mol. The Morgan fingerprint density at radius 3 is 2.72 bits per heavy atom. The van der Waals surface area contributed by atoms with Gasteiger partial charge in [-0.2, -0.15) is 4.98 Å². The van der Waals surface area contributed by atoms with Crippen LogP contribution in [0.4, 0.5) is 0 Å². The molecule has 0 saturated heterocycles. The zero-order chi connectivity index (χ0) is 17.4. The topological polar surface area (TPSA) is 48.2 Å². The summed E-state index contributed by atoms with van der Waals surface area (Å²) in [5.41, 5.74) is 2.83. The Kier molecular flexibility index (Phi) is 4.22. The molecule has 1 aliphatic rings. The third-order valence-corrected chi connectivity index (χ3v) is 4.89. The minimum absolute atomic E-state index is 0.196. The Balaban J connectivity index is 1.58. The summed E-state index contributed by atoms with van der Waals surface area (Å²) in [6.07, 6.45) is 2.67. The lowest BCUT2D eigenvalue weighted by molar-refractivity contribution is 0.198. The second-order valence-electron chi connectivity index (χ2n) is 6.54. The number of aryl methyl sites for hydroxylation is 1. The monoisotopic (exact) mass is 354 g/mol. The van der Waals surface area contributed by atoms with Crippen molar-refractivity contribution < 1.29 is 9.26 Å². The molecule has 1 unspecified atom stereocenters. The fourth-order valence-electron chi connectivity index (χ4n) is 2.86. The van der Waals surface area contributed by atoms with Gasteiger partial charge >= 0.3 is 0 Å². The summed E-state index contributed by atoms with van der Waals surface area (Å²) in [5, 5.41) is 4.65. The number of rotatable bonds is 5. The molecule has 0 N–H and O–H groups in total. The summed E-state index contributed by atoms with van der Waals surface area (Å²) in [6, 6.07) is 13.5. The number of nitrogens with zero attached hydrogens (tertiary/aromatic N) is 2. The minimum atomic E-state index is 0.196. The van der Waals surface area contributed by atoms with Crippen molar-refractivity contribution in [3.05, 3.63) is 53.1 Å². The molecule has 1 aliphatic carbocycles. The van der Waals surface area contributed by atoms with Gasteiger partial charge in [0.05, 0.1) is 11.1 Å². The van der Waals surface area contributed by atoms with Crippen molar-refractivity contribution in [2.24, 2.45) is 5.92 Å². The number of benzene rings is 2. The number of hydrogen-bond acceptors (Lipinski definition) is 4. The molecule has 0 amide bonds. The van der Waals surface area contributed by atoms with Crippen LogP contribution in [0.3, 0.4) is 0 Å². The molecule has 0 radical (unpaired) electrons. The van der Waals surface area contributed by atoms with Gasteiger partial charge in [0.1, 0.15) is 5.75 Å². The van der Waals surface area contributed by atoms with Crippen LogP contribution in [0.15, 0.2) is 47.0 Å². The van der Waals surface area contributed by atoms with E-state index in [0.29, 0.717) is 28.4 Å². The van der Waals surface area contributed by atoms with Crippen LogP contribution in [0.2, 0.25) is 5.02 Å². The highest BCUT2D eigenvalue weighted by molar-refractivity contribution is 6.32. The molecular weight excluding hydrogens is 336 g/mol. The molecule has 1 fully saturated rings. The Morgan fingerprint density at radius 1 is 1.20 bits per heavy atom. The van der Waals surface area contributed by atoms with Gasteiger partial charge in [-0.3, -0.25) is 0 Å². The molecule has 2 aromatic carbocycles. The van der Waals surface area contributed by atoms with E-state index in [0.717, 1.165) is 16.7 Å². The van der Waals surface area contributed by atoms with Crippen molar-refractivity contribution in [2.75, 3.05) is 0 Å². The maximum atomic E-state index is 6.39. The van der Waals surface area contributed by atoms with Gasteiger partial charge in [0.15, 0.2) is 0 Å². The highest BCUT2D eigenvalue weighted by atomic mass is 35.5. The lowest BCUT2D eigenvalue weighted by atomic mass is 10.1. The van der Waals surface area contributed by atoms with Crippen LogP contribution in [-0.4, -0.2) is 16.2 Å². The van der Waals surface area contributed by atoms with E-state index in [1.807, 2.05) is 49.4 Å². The van der Waals surface area contributed by atoms with E-state index in [9.17, 15) is 0 Å². The molecule has 0 spiro atoms. The van der Waals surface area contributed by atoms with Gasteiger partial charge in [0.2, 0.25) is 5.82 Å². The van der Waals surface area contributed by atoms with Gasteiger partial charge in [0.25, 0.3) is 5.89 Å². The van der Waals surface area contributed by atoms with Crippen molar-refractivity contribution in [1.82, 2.24) is 10.1 Å². The van der Waals surface area contributed by atoms with E-state index >= 15 is 0 Å². The summed E-state index contributed by atoms with van der Waals surface area (Å²) in [4.78, 5) is 4.50. The predicted molar refractivity (Wildman–Crippen MR) is 97.7 cm³/mol. The summed E-state index contributed by atoms with van der Waals surface area (Å²) in [7, 11) is 0. The molecule has 128 valence electrons. The molecule has 4 rings (SSSR count). The Morgan fingerprint density at radius 2 is 2.00 bits per heavy atom. The van der Waals surface area contributed by atoms with Gasteiger partial charge < -0.3 is 9.26 Å². The van der Waals surface area contributed by atoms with Crippen molar-refractivity contribution in [1.29, 1.82) is 0 Å². The first-order valence-corrected chi connectivity index (χ1v) is 8.86. The summed E-state index contributed by atoms with van der Waals surface area (Å²) >= 11 is 6.39. The molecule has 1 aromatic heterocycles. The Hall–Kier alpha value is -2.33.